The fourth-order valence-corrected chi connectivity index (χ4v) is 1.83. The quantitative estimate of drug-likeness (QED) is 0.737. The normalized spacial score (nSPS) is 10.1. The van der Waals surface area contributed by atoms with Crippen LogP contribution in [0.25, 0.3) is 11.4 Å². The van der Waals surface area contributed by atoms with Crippen molar-refractivity contribution in [2.24, 2.45) is 5.73 Å². The molecule has 3 N–H and O–H groups in total. The molecule has 0 atom stereocenters. The average Bonchev–Trinajstić information content (AvgIpc) is 2.93. The van der Waals surface area contributed by atoms with E-state index in [9.17, 15) is 4.79 Å². The summed E-state index contributed by atoms with van der Waals surface area (Å²) in [6.45, 7) is 1.28. The summed E-state index contributed by atoms with van der Waals surface area (Å²) in [4.78, 5) is 12.9. The molecule has 0 spiro atoms. The lowest BCUT2D eigenvalue weighted by molar-refractivity contribution is -0.122. The van der Waals surface area contributed by atoms with Gasteiger partial charge in [0.2, 0.25) is 11.7 Å². The van der Waals surface area contributed by atoms with Crippen LogP contribution in [-0.4, -0.2) is 39.2 Å². The average molecular weight is 345 g/mol. The van der Waals surface area contributed by atoms with Gasteiger partial charge in [0, 0.05) is 17.1 Å². The third-order valence-corrected chi connectivity index (χ3v) is 3.05. The number of nitrogens with two attached hydrogens (primary N) is 1. The highest BCUT2D eigenvalue weighted by atomic mass is 35.5. The highest BCUT2D eigenvalue weighted by Gasteiger charge is 2.08. The fourth-order valence-electron chi connectivity index (χ4n) is 1.71. The summed E-state index contributed by atoms with van der Waals surface area (Å²) in [5.41, 5.74) is 6.18. The molecule has 120 valence electrons. The molecular formula is C13H18Cl2N6O. The Morgan fingerprint density at radius 1 is 1.27 bits per heavy atom. The molecule has 0 unspecified atom stereocenters. The Hall–Kier alpha value is -1.70. The number of carbonyl (C=O) groups is 1. The van der Waals surface area contributed by atoms with Crippen molar-refractivity contribution in [2.75, 3.05) is 13.1 Å². The molecule has 1 aromatic carbocycles. The molecule has 1 heterocycles. The first-order valence-electron chi connectivity index (χ1n) is 6.69. The van der Waals surface area contributed by atoms with Crippen LogP contribution in [0.2, 0.25) is 5.02 Å². The summed E-state index contributed by atoms with van der Waals surface area (Å²) in [5, 5.41) is 15.4. The third-order valence-electron chi connectivity index (χ3n) is 2.79. The Kier molecular flexibility index (Phi) is 7.79. The van der Waals surface area contributed by atoms with E-state index in [1.807, 2.05) is 0 Å². The SMILES string of the molecule is Cl.NCCCCNC(=O)Cn1nnc(-c2ccc(Cl)cc2)n1. The maximum absolute atomic E-state index is 11.7. The maximum Gasteiger partial charge on any atom is 0.243 e. The minimum Gasteiger partial charge on any atom is -0.354 e. The van der Waals surface area contributed by atoms with Crippen molar-refractivity contribution in [1.82, 2.24) is 25.5 Å². The van der Waals surface area contributed by atoms with Gasteiger partial charge in [0.05, 0.1) is 0 Å². The van der Waals surface area contributed by atoms with Crippen molar-refractivity contribution in [1.29, 1.82) is 0 Å². The summed E-state index contributed by atoms with van der Waals surface area (Å²) >= 11 is 5.82. The lowest BCUT2D eigenvalue weighted by Crippen LogP contribution is -2.29. The molecular weight excluding hydrogens is 327 g/mol. The molecule has 0 aliphatic rings. The number of halogens is 2. The molecule has 0 fully saturated rings. The van der Waals surface area contributed by atoms with E-state index >= 15 is 0 Å². The Labute approximate surface area is 139 Å². The second-order valence-electron chi connectivity index (χ2n) is 4.50. The van der Waals surface area contributed by atoms with Crippen molar-refractivity contribution >= 4 is 29.9 Å². The number of tetrazole rings is 1. The second kappa shape index (κ2) is 9.34. The lowest BCUT2D eigenvalue weighted by atomic mass is 10.2. The van der Waals surface area contributed by atoms with Crippen LogP contribution in [0.1, 0.15) is 12.8 Å². The molecule has 0 aliphatic carbocycles. The summed E-state index contributed by atoms with van der Waals surface area (Å²) in [5.74, 6) is 0.315. The summed E-state index contributed by atoms with van der Waals surface area (Å²) in [6, 6.07) is 7.11. The van der Waals surface area contributed by atoms with Crippen molar-refractivity contribution in [2.45, 2.75) is 19.4 Å². The van der Waals surface area contributed by atoms with Crippen LogP contribution in [0.4, 0.5) is 0 Å². The van der Waals surface area contributed by atoms with Gasteiger partial charge >= 0.3 is 0 Å². The second-order valence-corrected chi connectivity index (χ2v) is 4.93. The number of hydrogen-bond acceptors (Lipinski definition) is 5. The molecule has 7 nitrogen and oxygen atoms in total. The number of carbonyl (C=O) groups excluding carboxylic acids is 1. The number of benzene rings is 1. The van der Waals surface area contributed by atoms with E-state index in [2.05, 4.69) is 20.7 Å². The van der Waals surface area contributed by atoms with Crippen LogP contribution < -0.4 is 11.1 Å². The Bertz CT molecular complexity index is 586. The minimum absolute atomic E-state index is 0. The van der Waals surface area contributed by atoms with E-state index < -0.39 is 0 Å². The highest BCUT2D eigenvalue weighted by molar-refractivity contribution is 6.30. The van der Waals surface area contributed by atoms with Gasteiger partial charge in [-0.1, -0.05) is 11.6 Å². The fraction of sp³-hybridized carbons (Fsp3) is 0.385. The molecule has 1 aromatic heterocycles. The van der Waals surface area contributed by atoms with Gasteiger partial charge in [-0.25, -0.2) is 0 Å². The summed E-state index contributed by atoms with van der Waals surface area (Å²) in [7, 11) is 0. The zero-order valence-electron chi connectivity index (χ0n) is 11.9. The largest absolute Gasteiger partial charge is 0.354 e. The van der Waals surface area contributed by atoms with Crippen LogP contribution >= 0.6 is 24.0 Å². The number of amides is 1. The van der Waals surface area contributed by atoms with Gasteiger partial charge in [0.15, 0.2) is 0 Å². The zero-order chi connectivity index (χ0) is 15.1. The number of nitrogens with one attached hydrogen (secondary N) is 1. The van der Waals surface area contributed by atoms with E-state index in [0.717, 1.165) is 18.4 Å². The van der Waals surface area contributed by atoms with Gasteiger partial charge in [-0.15, -0.1) is 22.6 Å². The lowest BCUT2D eigenvalue weighted by Gasteiger charge is -2.03. The number of aromatic nitrogens is 4. The monoisotopic (exact) mass is 344 g/mol. The molecule has 0 bridgehead atoms. The minimum atomic E-state index is -0.146. The number of nitrogens with zero attached hydrogens (tertiary/aromatic N) is 4. The third kappa shape index (κ3) is 5.59. The van der Waals surface area contributed by atoms with Crippen molar-refractivity contribution in [3.63, 3.8) is 0 Å². The molecule has 1 amide bonds. The molecule has 0 saturated carbocycles. The van der Waals surface area contributed by atoms with Gasteiger partial charge in [-0.2, -0.15) is 4.80 Å². The molecule has 2 rings (SSSR count). The van der Waals surface area contributed by atoms with E-state index in [1.54, 1.807) is 24.3 Å². The highest BCUT2D eigenvalue weighted by Crippen LogP contribution is 2.16. The molecule has 0 radical (unpaired) electrons. The summed E-state index contributed by atoms with van der Waals surface area (Å²) < 4.78 is 0. The van der Waals surface area contributed by atoms with Gasteiger partial charge in [0.25, 0.3) is 0 Å². The molecule has 22 heavy (non-hydrogen) atoms. The van der Waals surface area contributed by atoms with Crippen LogP contribution in [0.15, 0.2) is 24.3 Å². The Morgan fingerprint density at radius 2 is 2.00 bits per heavy atom. The Balaban J connectivity index is 0.00000242. The first-order chi connectivity index (χ1) is 10.2. The van der Waals surface area contributed by atoms with Gasteiger partial charge < -0.3 is 11.1 Å². The number of rotatable bonds is 7. The number of unbranched alkanes of at least 4 members (excludes halogenated alkanes) is 1. The van der Waals surface area contributed by atoms with Gasteiger partial charge in [-0.3, -0.25) is 4.79 Å². The van der Waals surface area contributed by atoms with E-state index in [4.69, 9.17) is 17.3 Å². The van der Waals surface area contributed by atoms with Crippen molar-refractivity contribution < 1.29 is 4.79 Å². The number of hydrogen-bond donors (Lipinski definition) is 2. The Morgan fingerprint density at radius 3 is 2.68 bits per heavy atom. The predicted molar refractivity (Wildman–Crippen MR) is 86.8 cm³/mol. The van der Waals surface area contributed by atoms with Crippen molar-refractivity contribution in [3.05, 3.63) is 29.3 Å². The van der Waals surface area contributed by atoms with E-state index in [-0.39, 0.29) is 24.9 Å². The molecule has 9 heteroatoms. The van der Waals surface area contributed by atoms with Crippen LogP contribution in [0, 0.1) is 0 Å². The van der Waals surface area contributed by atoms with Crippen LogP contribution in [-0.2, 0) is 11.3 Å². The first-order valence-corrected chi connectivity index (χ1v) is 7.07. The zero-order valence-corrected chi connectivity index (χ0v) is 13.5. The predicted octanol–water partition coefficient (Wildman–Crippen LogP) is 1.27. The molecule has 0 saturated heterocycles. The van der Waals surface area contributed by atoms with Crippen LogP contribution in [0.3, 0.4) is 0 Å². The topological polar surface area (TPSA) is 98.7 Å². The first kappa shape index (κ1) is 18.3. The van der Waals surface area contributed by atoms with Gasteiger partial charge in [-0.05, 0) is 48.9 Å². The molecule has 0 aliphatic heterocycles. The van der Waals surface area contributed by atoms with E-state index in [0.29, 0.717) is 23.9 Å². The van der Waals surface area contributed by atoms with E-state index in [1.165, 1.54) is 4.80 Å². The summed E-state index contributed by atoms with van der Waals surface area (Å²) in [6.07, 6.45) is 1.76. The van der Waals surface area contributed by atoms with Gasteiger partial charge in [0.1, 0.15) is 6.54 Å². The van der Waals surface area contributed by atoms with Crippen molar-refractivity contribution in [3.8, 4) is 11.4 Å². The van der Waals surface area contributed by atoms with Crippen LogP contribution in [0.5, 0.6) is 0 Å². The molecule has 2 aromatic rings. The smallest absolute Gasteiger partial charge is 0.243 e. The standard InChI is InChI=1S/C13H17ClN6O.ClH/c14-11-5-3-10(4-6-11)13-17-19-20(18-13)9-12(21)16-8-2-1-7-15;/h3-6H,1-2,7-9,15H2,(H,16,21);1H. The maximum atomic E-state index is 11.7.